The van der Waals surface area contributed by atoms with E-state index in [1.807, 2.05) is 0 Å². The van der Waals surface area contributed by atoms with Gasteiger partial charge in [0.05, 0.1) is 15.8 Å². The zero-order valence-corrected chi connectivity index (χ0v) is 12.7. The molecule has 1 atom stereocenters. The molecule has 0 bridgehead atoms. The highest BCUT2D eigenvalue weighted by Gasteiger charge is 2.38. The number of aliphatic hydroxyl groups is 1. The smallest absolute Gasteiger partial charge is 0.369 e. The van der Waals surface area contributed by atoms with Crippen LogP contribution in [-0.2, 0) is 6.18 Å². The monoisotopic (exact) mass is 350 g/mol. The molecule has 4 nitrogen and oxygen atoms in total. The number of fused-ring (bicyclic) bond motifs is 2. The normalized spacial score (nSPS) is 17.6. The van der Waals surface area contributed by atoms with Gasteiger partial charge in [-0.25, -0.2) is 4.98 Å². The van der Waals surface area contributed by atoms with Crippen molar-refractivity contribution in [3.63, 3.8) is 0 Å². The minimum atomic E-state index is -4.45. The van der Waals surface area contributed by atoms with Crippen LogP contribution in [0, 0.1) is 0 Å². The molecule has 1 amide bonds. The Morgan fingerprint density at radius 1 is 1.17 bits per heavy atom. The van der Waals surface area contributed by atoms with Crippen LogP contribution in [0.3, 0.4) is 0 Å². The number of hydrogen-bond acceptors (Lipinski definition) is 4. The maximum absolute atomic E-state index is 12.8. The van der Waals surface area contributed by atoms with Gasteiger partial charge in [-0.2, -0.15) is 13.2 Å². The average Bonchev–Trinajstić information content (AvgIpc) is 3.06. The summed E-state index contributed by atoms with van der Waals surface area (Å²) in [6, 6.07) is 9.81. The van der Waals surface area contributed by atoms with Gasteiger partial charge >= 0.3 is 6.18 Å². The van der Waals surface area contributed by atoms with Gasteiger partial charge in [0, 0.05) is 11.1 Å². The number of alkyl halides is 3. The lowest BCUT2D eigenvalue weighted by atomic mass is 10.1. The first-order chi connectivity index (χ1) is 11.4. The third-order valence-electron chi connectivity index (χ3n) is 3.84. The fourth-order valence-electron chi connectivity index (χ4n) is 2.68. The van der Waals surface area contributed by atoms with Gasteiger partial charge in [0.25, 0.3) is 5.91 Å². The van der Waals surface area contributed by atoms with E-state index in [-0.39, 0.29) is 5.13 Å². The predicted octanol–water partition coefficient (Wildman–Crippen LogP) is 3.97. The zero-order chi connectivity index (χ0) is 17.1. The number of aliphatic hydroxyl groups excluding tert-OH is 1. The molecule has 1 N–H and O–H groups in total. The highest BCUT2D eigenvalue weighted by Crippen LogP contribution is 2.40. The highest BCUT2D eigenvalue weighted by atomic mass is 32.1. The number of benzene rings is 2. The minimum absolute atomic E-state index is 0.165. The Morgan fingerprint density at radius 3 is 2.62 bits per heavy atom. The Hall–Kier alpha value is -2.45. The first kappa shape index (κ1) is 15.1. The maximum Gasteiger partial charge on any atom is 0.416 e. The summed E-state index contributed by atoms with van der Waals surface area (Å²) >= 11 is 0.937. The molecular weight excluding hydrogens is 341 g/mol. The molecule has 24 heavy (non-hydrogen) atoms. The molecule has 0 saturated heterocycles. The van der Waals surface area contributed by atoms with E-state index < -0.39 is 23.9 Å². The van der Waals surface area contributed by atoms with Gasteiger partial charge < -0.3 is 5.11 Å². The van der Waals surface area contributed by atoms with Crippen LogP contribution >= 0.6 is 11.3 Å². The molecule has 2 heterocycles. The third-order valence-corrected chi connectivity index (χ3v) is 4.86. The second-order valence-electron chi connectivity index (χ2n) is 5.31. The topological polar surface area (TPSA) is 53.4 Å². The molecule has 8 heteroatoms. The number of carbonyl (C=O) groups is 1. The van der Waals surface area contributed by atoms with Crippen molar-refractivity contribution in [2.75, 3.05) is 4.90 Å². The van der Waals surface area contributed by atoms with Gasteiger partial charge in [-0.05, 0) is 24.3 Å². The lowest BCUT2D eigenvalue weighted by Crippen LogP contribution is -2.27. The summed E-state index contributed by atoms with van der Waals surface area (Å²) in [6.45, 7) is 0. The molecular formula is C16H9F3N2O2S. The van der Waals surface area contributed by atoms with Crippen LogP contribution in [0.25, 0.3) is 10.2 Å². The van der Waals surface area contributed by atoms with Crippen LogP contribution in [0.2, 0.25) is 0 Å². The molecule has 0 aliphatic carbocycles. The summed E-state index contributed by atoms with van der Waals surface area (Å²) in [4.78, 5) is 17.8. The quantitative estimate of drug-likeness (QED) is 0.723. The Kier molecular flexibility index (Phi) is 3.16. The van der Waals surface area contributed by atoms with Crippen molar-refractivity contribution in [3.8, 4) is 0 Å². The maximum atomic E-state index is 12.8. The average molecular weight is 350 g/mol. The van der Waals surface area contributed by atoms with Crippen LogP contribution in [0.15, 0.2) is 42.5 Å². The van der Waals surface area contributed by atoms with Crippen molar-refractivity contribution in [3.05, 3.63) is 59.2 Å². The molecule has 0 spiro atoms. The first-order valence-electron chi connectivity index (χ1n) is 6.94. The molecule has 1 unspecified atom stereocenters. The van der Waals surface area contributed by atoms with Crippen LogP contribution in [0.4, 0.5) is 18.3 Å². The SMILES string of the molecule is O=C1c2ccccc2C(O)N1c1nc2ccc(C(F)(F)F)cc2s1. The number of hydrogen-bond donors (Lipinski definition) is 1. The van der Waals surface area contributed by atoms with E-state index in [0.29, 0.717) is 21.3 Å². The zero-order valence-electron chi connectivity index (χ0n) is 11.9. The molecule has 0 saturated carbocycles. The number of aromatic nitrogens is 1. The standard InChI is InChI=1S/C16H9F3N2O2S/c17-16(18,19)8-5-6-11-12(7-8)24-15(20-11)21-13(22)9-3-1-2-4-10(9)14(21)23/h1-7,13,22H. The highest BCUT2D eigenvalue weighted by molar-refractivity contribution is 7.22. The van der Waals surface area contributed by atoms with Gasteiger partial charge in [0.1, 0.15) is 0 Å². The van der Waals surface area contributed by atoms with Crippen LogP contribution in [0.5, 0.6) is 0 Å². The van der Waals surface area contributed by atoms with Crippen molar-refractivity contribution in [2.24, 2.45) is 0 Å². The van der Waals surface area contributed by atoms with Gasteiger partial charge in [-0.1, -0.05) is 29.5 Å². The summed E-state index contributed by atoms with van der Waals surface area (Å²) in [7, 11) is 0. The number of halogens is 3. The molecule has 1 aromatic heterocycles. The molecule has 0 radical (unpaired) electrons. The molecule has 122 valence electrons. The molecule has 1 aliphatic heterocycles. The van der Waals surface area contributed by atoms with Gasteiger partial charge in [0.15, 0.2) is 11.4 Å². The number of nitrogens with zero attached hydrogens (tertiary/aromatic N) is 2. The first-order valence-corrected chi connectivity index (χ1v) is 7.76. The van der Waals surface area contributed by atoms with E-state index in [1.54, 1.807) is 24.3 Å². The summed E-state index contributed by atoms with van der Waals surface area (Å²) in [5.74, 6) is -0.423. The second-order valence-corrected chi connectivity index (χ2v) is 6.32. The lowest BCUT2D eigenvalue weighted by Gasteiger charge is -2.17. The van der Waals surface area contributed by atoms with Crippen molar-refractivity contribution < 1.29 is 23.1 Å². The van der Waals surface area contributed by atoms with E-state index in [2.05, 4.69) is 4.98 Å². The van der Waals surface area contributed by atoms with E-state index >= 15 is 0 Å². The van der Waals surface area contributed by atoms with Crippen LogP contribution in [-0.4, -0.2) is 16.0 Å². The van der Waals surface area contributed by atoms with Gasteiger partial charge in [-0.3, -0.25) is 9.69 Å². The fraction of sp³-hybridized carbons (Fsp3) is 0.125. The van der Waals surface area contributed by atoms with Crippen molar-refractivity contribution in [1.82, 2.24) is 4.98 Å². The summed E-state index contributed by atoms with van der Waals surface area (Å²) in [5, 5.41) is 10.5. The lowest BCUT2D eigenvalue weighted by molar-refractivity contribution is -0.137. The molecule has 1 aliphatic rings. The Labute approximate surface area is 137 Å². The van der Waals surface area contributed by atoms with Crippen LogP contribution < -0.4 is 4.90 Å². The molecule has 2 aromatic carbocycles. The summed E-state index contributed by atoms with van der Waals surface area (Å²) < 4.78 is 38.7. The Balaban J connectivity index is 1.79. The molecule has 3 aromatic rings. The Morgan fingerprint density at radius 2 is 1.92 bits per heavy atom. The van der Waals surface area contributed by atoms with E-state index in [0.717, 1.165) is 28.4 Å². The number of amides is 1. The molecule has 0 fully saturated rings. The fourth-order valence-corrected chi connectivity index (χ4v) is 3.71. The van der Waals surface area contributed by atoms with E-state index in [9.17, 15) is 23.1 Å². The predicted molar refractivity (Wildman–Crippen MR) is 82.8 cm³/mol. The van der Waals surface area contributed by atoms with Crippen molar-refractivity contribution in [2.45, 2.75) is 12.4 Å². The molecule has 4 rings (SSSR count). The third kappa shape index (κ3) is 2.18. The van der Waals surface area contributed by atoms with E-state index in [4.69, 9.17) is 0 Å². The van der Waals surface area contributed by atoms with Crippen LogP contribution in [0.1, 0.15) is 27.7 Å². The Bertz CT molecular complexity index is 967. The summed E-state index contributed by atoms with van der Waals surface area (Å²) in [6.07, 6.45) is -5.64. The number of carbonyl (C=O) groups excluding carboxylic acids is 1. The number of rotatable bonds is 1. The van der Waals surface area contributed by atoms with Gasteiger partial charge in [0.2, 0.25) is 0 Å². The largest absolute Gasteiger partial charge is 0.416 e. The number of anilines is 1. The van der Waals surface area contributed by atoms with E-state index in [1.165, 1.54) is 6.07 Å². The summed E-state index contributed by atoms with van der Waals surface area (Å²) in [5.41, 5.74) is 0.388. The number of thiazole rings is 1. The van der Waals surface area contributed by atoms with Gasteiger partial charge in [-0.15, -0.1) is 0 Å². The minimum Gasteiger partial charge on any atom is -0.369 e. The second kappa shape index (κ2) is 5.02. The van der Waals surface area contributed by atoms with Crippen molar-refractivity contribution in [1.29, 1.82) is 0 Å². The van der Waals surface area contributed by atoms with Crippen molar-refractivity contribution >= 4 is 32.6 Å².